The second-order valence-electron chi connectivity index (χ2n) is 6.20. The van der Waals surface area contributed by atoms with Gasteiger partial charge in [-0.25, -0.2) is 0 Å². The lowest BCUT2D eigenvalue weighted by Gasteiger charge is -2.05. The Morgan fingerprint density at radius 1 is 0.762 bits per heavy atom. The molecule has 1 N–H and O–H groups in total. The van der Waals surface area contributed by atoms with Crippen LogP contribution in [0.3, 0.4) is 0 Å². The molecule has 1 unspecified atom stereocenters. The first kappa shape index (κ1) is 20.9. The Bertz CT molecular complexity index is 231. The molecule has 21 heavy (non-hydrogen) atoms. The molecular weight excluding hydrogens is 284 g/mol. The van der Waals surface area contributed by atoms with Crippen LogP contribution in [0.25, 0.3) is 0 Å². The number of aliphatic hydroxyl groups excluding tert-OH is 1. The molecule has 0 aliphatic rings. The molecule has 0 saturated carbocycles. The summed E-state index contributed by atoms with van der Waals surface area (Å²) >= 11 is 5.20. The Kier molecular flexibility index (Phi) is 16.2. The van der Waals surface area contributed by atoms with Crippen molar-refractivity contribution in [2.75, 3.05) is 0 Å². The topological polar surface area (TPSA) is 37.3 Å². The minimum absolute atomic E-state index is 0.514. The number of hydrogen-bond acceptors (Lipinski definition) is 2. The lowest BCUT2D eigenvalue weighted by Crippen LogP contribution is -2.14. The Morgan fingerprint density at radius 2 is 1.10 bits per heavy atom. The van der Waals surface area contributed by atoms with Crippen LogP contribution in [0, 0.1) is 0 Å². The van der Waals surface area contributed by atoms with E-state index in [1.165, 1.54) is 77.0 Å². The number of aliphatic hydroxyl groups is 1. The molecule has 2 nitrogen and oxygen atoms in total. The molecule has 0 bridgehead atoms. The van der Waals surface area contributed by atoms with Gasteiger partial charge in [-0.3, -0.25) is 4.79 Å². The summed E-state index contributed by atoms with van der Waals surface area (Å²) in [6, 6.07) is 0. The van der Waals surface area contributed by atoms with E-state index >= 15 is 0 Å². The minimum atomic E-state index is -0.955. The Hall–Kier alpha value is -0.0800. The minimum Gasteiger partial charge on any atom is -0.384 e. The smallest absolute Gasteiger partial charge is 0.250 e. The van der Waals surface area contributed by atoms with Gasteiger partial charge in [0.15, 0.2) is 0 Å². The second-order valence-corrected chi connectivity index (χ2v) is 6.58. The maximum atomic E-state index is 10.6. The third kappa shape index (κ3) is 16.1. The monoisotopic (exact) mass is 318 g/mol. The predicted molar refractivity (Wildman–Crippen MR) is 91.8 cm³/mol. The van der Waals surface area contributed by atoms with Gasteiger partial charge in [-0.05, 0) is 18.0 Å². The van der Waals surface area contributed by atoms with Crippen molar-refractivity contribution in [3.05, 3.63) is 0 Å². The van der Waals surface area contributed by atoms with E-state index in [-0.39, 0.29) is 0 Å². The first-order chi connectivity index (χ1) is 10.2. The summed E-state index contributed by atoms with van der Waals surface area (Å²) in [5.41, 5.74) is 0. The maximum absolute atomic E-state index is 10.6. The molecule has 3 heteroatoms. The van der Waals surface area contributed by atoms with Crippen molar-refractivity contribution in [2.45, 2.75) is 109 Å². The fourth-order valence-corrected chi connectivity index (χ4v) is 2.75. The number of carbonyl (C=O) groups excluding carboxylic acids is 1. The summed E-state index contributed by atoms with van der Waals surface area (Å²) in [6.45, 7) is 2.26. The van der Waals surface area contributed by atoms with Crippen molar-refractivity contribution in [1.82, 2.24) is 0 Å². The van der Waals surface area contributed by atoms with E-state index < -0.39 is 11.3 Å². The molecule has 0 heterocycles. The van der Waals surface area contributed by atoms with Crippen molar-refractivity contribution in [3.8, 4) is 0 Å². The highest BCUT2D eigenvalue weighted by Crippen LogP contribution is 2.14. The summed E-state index contributed by atoms with van der Waals surface area (Å²) in [6.07, 6.45) is 17.9. The normalized spacial score (nSPS) is 12.5. The molecule has 0 spiro atoms. The molecule has 0 aliphatic carbocycles. The first-order valence-corrected chi connectivity index (χ1v) is 9.43. The predicted octanol–water partition coefficient (Wildman–Crippen LogP) is 5.98. The molecule has 0 aromatic carbocycles. The number of unbranched alkanes of at least 4 members (excludes halogenated alkanes) is 13. The fraction of sp³-hybridized carbons (Fsp3) is 0.944. The second kappa shape index (κ2) is 16.3. The Balaban J connectivity index is 3.04. The van der Waals surface area contributed by atoms with Crippen molar-refractivity contribution in [1.29, 1.82) is 0 Å². The molecule has 1 atom stereocenters. The van der Waals surface area contributed by atoms with Gasteiger partial charge in [0.2, 0.25) is 5.24 Å². The van der Waals surface area contributed by atoms with Gasteiger partial charge in [0, 0.05) is 0 Å². The fourth-order valence-electron chi connectivity index (χ4n) is 2.65. The quantitative estimate of drug-likeness (QED) is 0.280. The van der Waals surface area contributed by atoms with Crippen molar-refractivity contribution in [2.24, 2.45) is 0 Å². The van der Waals surface area contributed by atoms with Crippen LogP contribution in [0.5, 0.6) is 0 Å². The van der Waals surface area contributed by atoms with Crippen molar-refractivity contribution < 1.29 is 9.90 Å². The van der Waals surface area contributed by atoms with Gasteiger partial charge in [-0.2, -0.15) is 0 Å². The standard InChI is InChI=1S/C18H35ClO2/c1-2-3-4-5-6-7-8-9-10-11-12-13-14-15-16-17(20)18(19)21/h17,20H,2-16H2,1H3. The third-order valence-corrected chi connectivity index (χ3v) is 4.34. The molecule has 0 aromatic rings. The Labute approximate surface area is 136 Å². The van der Waals surface area contributed by atoms with Gasteiger partial charge in [0.25, 0.3) is 0 Å². The van der Waals surface area contributed by atoms with Gasteiger partial charge in [0.1, 0.15) is 6.10 Å². The number of rotatable bonds is 16. The van der Waals surface area contributed by atoms with Gasteiger partial charge >= 0.3 is 0 Å². The van der Waals surface area contributed by atoms with Crippen molar-refractivity contribution in [3.63, 3.8) is 0 Å². The van der Waals surface area contributed by atoms with E-state index in [1.807, 2.05) is 0 Å². The summed E-state index contributed by atoms with van der Waals surface area (Å²) in [5.74, 6) is 0. The lowest BCUT2D eigenvalue weighted by molar-refractivity contribution is -0.119. The molecule has 0 amide bonds. The molecule has 0 radical (unpaired) electrons. The van der Waals surface area contributed by atoms with E-state index in [9.17, 15) is 9.90 Å². The molecule has 0 rings (SSSR count). The first-order valence-electron chi connectivity index (χ1n) is 9.06. The largest absolute Gasteiger partial charge is 0.384 e. The molecule has 0 aromatic heterocycles. The van der Waals surface area contributed by atoms with Gasteiger partial charge < -0.3 is 5.11 Å². The van der Waals surface area contributed by atoms with Gasteiger partial charge in [-0.1, -0.05) is 96.8 Å². The van der Waals surface area contributed by atoms with Crippen LogP contribution in [0.2, 0.25) is 0 Å². The molecule has 0 fully saturated rings. The van der Waals surface area contributed by atoms with Crippen LogP contribution in [0.4, 0.5) is 0 Å². The van der Waals surface area contributed by atoms with E-state index in [4.69, 9.17) is 11.6 Å². The average Bonchev–Trinajstić information content (AvgIpc) is 2.47. The van der Waals surface area contributed by atoms with E-state index in [0.29, 0.717) is 6.42 Å². The zero-order chi connectivity index (χ0) is 15.8. The number of hydrogen-bond donors (Lipinski definition) is 1. The van der Waals surface area contributed by atoms with Gasteiger partial charge in [0.05, 0.1) is 0 Å². The highest BCUT2D eigenvalue weighted by Gasteiger charge is 2.10. The summed E-state index contributed by atoms with van der Waals surface area (Å²) in [4.78, 5) is 10.6. The van der Waals surface area contributed by atoms with Crippen LogP contribution >= 0.6 is 11.6 Å². The van der Waals surface area contributed by atoms with Gasteiger partial charge in [-0.15, -0.1) is 0 Å². The lowest BCUT2D eigenvalue weighted by atomic mass is 10.0. The van der Waals surface area contributed by atoms with Crippen LogP contribution in [-0.4, -0.2) is 16.5 Å². The SMILES string of the molecule is CCCCCCCCCCCCCCCCC(O)C(=O)Cl. The van der Waals surface area contributed by atoms with Crippen LogP contribution in [0.15, 0.2) is 0 Å². The molecular formula is C18H35ClO2. The molecule has 126 valence electrons. The third-order valence-electron chi connectivity index (χ3n) is 4.09. The molecule has 0 saturated heterocycles. The zero-order valence-electron chi connectivity index (χ0n) is 13.9. The van der Waals surface area contributed by atoms with Crippen LogP contribution in [-0.2, 0) is 4.79 Å². The molecule has 0 aliphatic heterocycles. The van der Waals surface area contributed by atoms with E-state index in [1.54, 1.807) is 0 Å². The summed E-state index contributed by atoms with van der Waals surface area (Å²) in [5, 5.41) is 8.62. The van der Waals surface area contributed by atoms with E-state index in [0.717, 1.165) is 12.8 Å². The average molecular weight is 319 g/mol. The number of carbonyl (C=O) groups is 1. The Morgan fingerprint density at radius 3 is 1.43 bits per heavy atom. The van der Waals surface area contributed by atoms with E-state index in [2.05, 4.69) is 6.92 Å². The zero-order valence-corrected chi connectivity index (χ0v) is 14.7. The summed E-state index contributed by atoms with van der Waals surface area (Å²) < 4.78 is 0. The highest BCUT2D eigenvalue weighted by molar-refractivity contribution is 6.64. The van der Waals surface area contributed by atoms with Crippen molar-refractivity contribution >= 4 is 16.8 Å². The maximum Gasteiger partial charge on any atom is 0.250 e. The van der Waals surface area contributed by atoms with Crippen LogP contribution < -0.4 is 0 Å². The number of halogens is 1. The summed E-state index contributed by atoms with van der Waals surface area (Å²) in [7, 11) is 0. The highest BCUT2D eigenvalue weighted by atomic mass is 35.5. The van der Waals surface area contributed by atoms with Crippen LogP contribution in [0.1, 0.15) is 103 Å².